The Hall–Kier alpha value is -3.29. The molecule has 5 nitrogen and oxygen atoms in total. The Bertz CT molecular complexity index is 1080. The van der Waals surface area contributed by atoms with Gasteiger partial charge in [0.1, 0.15) is 11.6 Å². The number of aromatic amines is 1. The van der Waals surface area contributed by atoms with Crippen LogP contribution in [0.2, 0.25) is 0 Å². The molecule has 0 bridgehead atoms. The number of carboxylic acids is 1. The van der Waals surface area contributed by atoms with Gasteiger partial charge in [-0.25, -0.2) is 9.78 Å². The van der Waals surface area contributed by atoms with E-state index in [4.69, 9.17) is 14.6 Å². The van der Waals surface area contributed by atoms with Crippen LogP contribution in [0.15, 0.2) is 60.9 Å². The third-order valence-electron chi connectivity index (χ3n) is 6.55. The summed E-state index contributed by atoms with van der Waals surface area (Å²) in [5.74, 6) is -0.00279. The van der Waals surface area contributed by atoms with Gasteiger partial charge >= 0.3 is 12.1 Å². The molecule has 0 spiro atoms. The number of rotatable bonds is 7. The van der Waals surface area contributed by atoms with Crippen LogP contribution in [-0.2, 0) is 4.79 Å². The van der Waals surface area contributed by atoms with Gasteiger partial charge in [0.25, 0.3) is 0 Å². The second-order valence-electron chi connectivity index (χ2n) is 9.94. The van der Waals surface area contributed by atoms with Crippen LogP contribution in [0, 0.1) is 11.3 Å². The van der Waals surface area contributed by atoms with E-state index < -0.39 is 12.1 Å². The molecule has 1 heterocycles. The minimum absolute atomic E-state index is 0.562. The number of carbonyl (C=O) groups is 1. The minimum Gasteiger partial charge on any atom is -0.494 e. The molecule has 0 atom stereocenters. The maximum Gasteiger partial charge on any atom is 0.490 e. The maximum atomic E-state index is 10.6. The van der Waals surface area contributed by atoms with Crippen molar-refractivity contribution in [1.82, 2.24) is 9.97 Å². The number of H-pyrrole nitrogens is 1. The lowest BCUT2D eigenvalue weighted by Gasteiger charge is -2.34. The number of nitrogens with zero attached hydrogens (tertiary/aromatic N) is 1. The van der Waals surface area contributed by atoms with E-state index in [1.807, 2.05) is 6.20 Å². The molecule has 1 aliphatic rings. The molecule has 1 aromatic heterocycles. The van der Waals surface area contributed by atoms with Crippen molar-refractivity contribution in [1.29, 1.82) is 0 Å². The van der Waals surface area contributed by atoms with Gasteiger partial charge in [0.2, 0.25) is 0 Å². The molecular formula is C28H33F3N2O3. The topological polar surface area (TPSA) is 75.2 Å². The van der Waals surface area contributed by atoms with Gasteiger partial charge in [0.15, 0.2) is 0 Å². The van der Waals surface area contributed by atoms with Gasteiger partial charge in [0, 0.05) is 18.0 Å². The van der Waals surface area contributed by atoms with Gasteiger partial charge in [-0.2, -0.15) is 13.2 Å². The highest BCUT2D eigenvalue weighted by molar-refractivity contribution is 5.73. The zero-order chi connectivity index (χ0) is 26.2. The van der Waals surface area contributed by atoms with Crippen LogP contribution in [0.4, 0.5) is 13.2 Å². The van der Waals surface area contributed by atoms with E-state index in [1.165, 1.54) is 43.2 Å². The average Bonchev–Trinajstić information content (AvgIpc) is 3.38. The van der Waals surface area contributed by atoms with Gasteiger partial charge in [-0.1, -0.05) is 44.2 Å². The summed E-state index contributed by atoms with van der Waals surface area (Å²) in [7, 11) is 0. The lowest BCUT2D eigenvalue weighted by atomic mass is 9.72. The Balaban J connectivity index is 0.000000454. The second-order valence-corrected chi connectivity index (χ2v) is 9.94. The normalized spacial score (nSPS) is 15.6. The molecule has 36 heavy (non-hydrogen) atoms. The number of aliphatic carboxylic acids is 1. The van der Waals surface area contributed by atoms with Crippen molar-refractivity contribution >= 4 is 5.97 Å². The van der Waals surface area contributed by atoms with Crippen molar-refractivity contribution in [3.63, 3.8) is 0 Å². The number of hydrogen-bond acceptors (Lipinski definition) is 3. The van der Waals surface area contributed by atoms with Gasteiger partial charge in [0.05, 0.1) is 6.61 Å². The van der Waals surface area contributed by atoms with Crippen LogP contribution in [0.3, 0.4) is 0 Å². The summed E-state index contributed by atoms with van der Waals surface area (Å²) in [6.45, 7) is 5.62. The van der Waals surface area contributed by atoms with Gasteiger partial charge in [-0.05, 0) is 79.2 Å². The molecule has 3 aromatic rings. The number of carboxylic acid groups (broad SMARTS) is 1. The first-order chi connectivity index (χ1) is 17.0. The largest absolute Gasteiger partial charge is 0.494 e. The van der Waals surface area contributed by atoms with Crippen LogP contribution < -0.4 is 4.74 Å². The number of benzene rings is 2. The zero-order valence-corrected chi connectivity index (χ0v) is 20.6. The van der Waals surface area contributed by atoms with Gasteiger partial charge < -0.3 is 14.8 Å². The first-order valence-corrected chi connectivity index (χ1v) is 12.2. The molecule has 8 heteroatoms. The molecule has 2 N–H and O–H groups in total. The van der Waals surface area contributed by atoms with E-state index in [0.29, 0.717) is 5.41 Å². The van der Waals surface area contributed by atoms with Crippen LogP contribution in [0.5, 0.6) is 5.75 Å². The minimum atomic E-state index is -5.08. The van der Waals surface area contributed by atoms with Gasteiger partial charge in [-0.15, -0.1) is 0 Å². The molecule has 2 aromatic carbocycles. The molecule has 0 aliphatic heterocycles. The summed E-state index contributed by atoms with van der Waals surface area (Å²) >= 11 is 0. The van der Waals surface area contributed by atoms with Crippen LogP contribution >= 0.6 is 0 Å². The number of imidazole rings is 1. The quantitative estimate of drug-likeness (QED) is 0.324. The standard InChI is InChI=1S/C26H32N2O.C2HF3O2/c1-26(2)14-12-20(13-15-26)5-4-18-29-24-10-8-21(9-11-24)22-6-3-7-23(19-22)25-27-16-17-28-25;3-2(4,5)1(6)7/h3,6-11,16-17,19-20H,4-5,12-15,18H2,1-2H3,(H,27,28);(H,6,7). The van der Waals surface area contributed by atoms with E-state index >= 15 is 0 Å². The molecule has 194 valence electrons. The first-order valence-electron chi connectivity index (χ1n) is 12.2. The highest BCUT2D eigenvalue weighted by Gasteiger charge is 2.38. The summed E-state index contributed by atoms with van der Waals surface area (Å²) in [5.41, 5.74) is 4.03. The molecule has 0 radical (unpaired) electrons. The molecular weight excluding hydrogens is 469 g/mol. The Morgan fingerprint density at radius 3 is 2.31 bits per heavy atom. The Kier molecular flexibility index (Phi) is 9.18. The molecule has 0 unspecified atom stereocenters. The fourth-order valence-corrected chi connectivity index (χ4v) is 4.32. The van der Waals surface area contributed by atoms with E-state index in [-0.39, 0.29) is 0 Å². The third kappa shape index (κ3) is 8.43. The molecule has 1 aliphatic carbocycles. The fourth-order valence-electron chi connectivity index (χ4n) is 4.32. The highest BCUT2D eigenvalue weighted by atomic mass is 19.4. The monoisotopic (exact) mass is 502 g/mol. The van der Waals surface area contributed by atoms with Crippen molar-refractivity contribution in [3.8, 4) is 28.3 Å². The number of hydrogen-bond donors (Lipinski definition) is 2. The summed E-state index contributed by atoms with van der Waals surface area (Å²) in [4.78, 5) is 16.4. The van der Waals surface area contributed by atoms with Crippen LogP contribution in [-0.4, -0.2) is 33.8 Å². The second kappa shape index (κ2) is 12.1. The van der Waals surface area contributed by atoms with Crippen molar-refractivity contribution in [3.05, 3.63) is 60.9 Å². The van der Waals surface area contributed by atoms with Gasteiger partial charge in [-0.3, -0.25) is 0 Å². The number of aromatic nitrogens is 2. The number of ether oxygens (including phenoxy) is 1. The van der Waals surface area contributed by atoms with Crippen molar-refractivity contribution in [2.45, 2.75) is 58.5 Å². The molecule has 1 fully saturated rings. The van der Waals surface area contributed by atoms with E-state index in [1.54, 1.807) is 6.20 Å². The Labute approximate surface area is 209 Å². The van der Waals surface area contributed by atoms with Crippen molar-refractivity contribution in [2.75, 3.05) is 6.61 Å². The predicted molar refractivity (Wildman–Crippen MR) is 134 cm³/mol. The van der Waals surface area contributed by atoms with E-state index in [0.717, 1.165) is 36.1 Å². The van der Waals surface area contributed by atoms with Crippen molar-refractivity contribution in [2.24, 2.45) is 11.3 Å². The summed E-state index contributed by atoms with van der Waals surface area (Å²) in [5, 5.41) is 7.12. The third-order valence-corrected chi connectivity index (χ3v) is 6.55. The average molecular weight is 503 g/mol. The first kappa shape index (κ1) is 27.3. The Morgan fingerprint density at radius 2 is 1.72 bits per heavy atom. The predicted octanol–water partition coefficient (Wildman–Crippen LogP) is 7.75. The lowest BCUT2D eigenvalue weighted by Crippen LogP contribution is -2.21. The number of nitrogens with one attached hydrogen (secondary N) is 1. The summed E-state index contributed by atoms with van der Waals surface area (Å²) in [6, 6.07) is 16.9. The molecule has 1 saturated carbocycles. The summed E-state index contributed by atoms with van der Waals surface area (Å²) in [6.07, 6.45) is 6.53. The van der Waals surface area contributed by atoms with Crippen molar-refractivity contribution < 1.29 is 27.8 Å². The smallest absolute Gasteiger partial charge is 0.490 e. The van der Waals surface area contributed by atoms with Crippen LogP contribution in [0.25, 0.3) is 22.5 Å². The molecule has 4 rings (SSSR count). The number of halogens is 3. The molecule has 0 saturated heterocycles. The van der Waals surface area contributed by atoms with Crippen LogP contribution in [0.1, 0.15) is 52.4 Å². The molecule has 0 amide bonds. The van der Waals surface area contributed by atoms with E-state index in [2.05, 4.69) is 72.3 Å². The zero-order valence-electron chi connectivity index (χ0n) is 20.6. The Morgan fingerprint density at radius 1 is 1.08 bits per heavy atom. The maximum absolute atomic E-state index is 10.6. The lowest BCUT2D eigenvalue weighted by molar-refractivity contribution is -0.192. The van der Waals surface area contributed by atoms with E-state index in [9.17, 15) is 13.2 Å². The SMILES string of the molecule is CC1(C)CCC(CCCOc2ccc(-c3cccc(-c4ncc[nH]4)c3)cc2)CC1.O=C(O)C(F)(F)F. The highest BCUT2D eigenvalue weighted by Crippen LogP contribution is 2.39. The number of alkyl halides is 3. The summed E-state index contributed by atoms with van der Waals surface area (Å²) < 4.78 is 37.7. The fraction of sp³-hybridized carbons (Fsp3) is 0.429.